The zero-order valence-corrected chi connectivity index (χ0v) is 7.35. The van der Waals surface area contributed by atoms with Crippen LogP contribution in [0.25, 0.3) is 0 Å². The molecule has 1 fully saturated rings. The highest BCUT2D eigenvalue weighted by Crippen LogP contribution is 2.21. The molecule has 0 amide bonds. The first-order chi connectivity index (χ1) is 6.61. The Labute approximate surface area is 80.8 Å². The molecule has 5 atom stereocenters. The smallest absolute Gasteiger partial charge is 0.430 e. The van der Waals surface area contributed by atoms with Crippen LogP contribution in [-0.2, 0) is 9.39 Å². The summed E-state index contributed by atoms with van der Waals surface area (Å²) in [6.07, 6.45) is -6.61. The van der Waals surface area contributed by atoms with Crippen LogP contribution in [0.15, 0.2) is 0 Å². The number of aliphatic hydroxyl groups excluding tert-OH is 4. The Morgan fingerprint density at radius 2 is 1.79 bits per heavy atom. The van der Waals surface area contributed by atoms with Gasteiger partial charge in [-0.3, -0.25) is 0 Å². The van der Waals surface area contributed by atoms with Gasteiger partial charge in [0, 0.05) is 0 Å². The molecule has 0 aromatic rings. The highest BCUT2D eigenvalue weighted by atomic mass is 16.7. The van der Waals surface area contributed by atoms with Crippen molar-refractivity contribution in [2.24, 2.45) is 0 Å². The zero-order chi connectivity index (χ0) is 10.7. The molecule has 14 heavy (non-hydrogen) atoms. The highest BCUT2D eigenvalue weighted by molar-refractivity contribution is 6.15. The second-order valence-electron chi connectivity index (χ2n) is 2.99. The summed E-state index contributed by atoms with van der Waals surface area (Å²) in [6, 6.07) is 0. The molecule has 82 valence electrons. The van der Waals surface area contributed by atoms with Crippen molar-refractivity contribution in [2.75, 3.05) is 6.61 Å². The maximum Gasteiger partial charge on any atom is 0.437 e. The van der Waals surface area contributed by atoms with Crippen LogP contribution in [0.3, 0.4) is 0 Å². The van der Waals surface area contributed by atoms with Gasteiger partial charge < -0.3 is 34.8 Å². The minimum atomic E-state index is -1.47. The van der Waals surface area contributed by atoms with Crippen molar-refractivity contribution in [3.05, 3.63) is 0 Å². The zero-order valence-electron chi connectivity index (χ0n) is 7.35. The molecule has 8 heteroatoms. The number of rotatable bonds is 3. The number of hydrogen-bond donors (Lipinski definition) is 5. The summed E-state index contributed by atoms with van der Waals surface area (Å²) in [7, 11) is -0.692. The molecule has 1 aliphatic heterocycles. The maximum absolute atomic E-state index is 9.30. The Bertz CT molecular complexity index is 176. The Hall–Kier alpha value is -0.215. The van der Waals surface area contributed by atoms with Crippen molar-refractivity contribution in [2.45, 2.75) is 30.7 Å². The first kappa shape index (κ1) is 11.9. The molecule has 0 spiro atoms. The fourth-order valence-corrected chi connectivity index (χ4v) is 1.28. The fraction of sp³-hybridized carbons (Fsp3) is 1.00. The Balaban J connectivity index is 2.63. The van der Waals surface area contributed by atoms with Gasteiger partial charge in [0.05, 0.1) is 6.61 Å². The van der Waals surface area contributed by atoms with E-state index in [0.29, 0.717) is 0 Å². The van der Waals surface area contributed by atoms with Gasteiger partial charge in [-0.1, -0.05) is 0 Å². The highest BCUT2D eigenvalue weighted by Gasteiger charge is 2.43. The first-order valence-electron chi connectivity index (χ1n) is 4.14. The molecule has 1 heterocycles. The number of ether oxygens (including phenoxy) is 1. The number of hydrogen-bond acceptors (Lipinski definition) is 7. The van der Waals surface area contributed by atoms with Crippen molar-refractivity contribution >= 4 is 7.69 Å². The minimum absolute atomic E-state index is 0.518. The summed E-state index contributed by atoms with van der Waals surface area (Å²) in [5, 5.41) is 45.1. The maximum atomic E-state index is 9.30. The van der Waals surface area contributed by atoms with Crippen molar-refractivity contribution in [1.82, 2.24) is 0 Å². The normalized spacial score (nSPS) is 43.6. The standard InChI is InChI=1S/C6H13BO7/c8-1-2-3(9)4(10)5(11)6(13-2)14-7-12/h2-12H,1H2/t2-,3-,4+,5+,6?/m1/s1. The molecule has 0 saturated carbocycles. The lowest BCUT2D eigenvalue weighted by molar-refractivity contribution is -0.279. The summed E-state index contributed by atoms with van der Waals surface area (Å²) in [5.41, 5.74) is 0. The van der Waals surface area contributed by atoms with Crippen molar-refractivity contribution in [1.29, 1.82) is 0 Å². The molecule has 5 N–H and O–H groups in total. The van der Waals surface area contributed by atoms with Gasteiger partial charge in [-0.2, -0.15) is 0 Å². The summed E-state index contributed by atoms with van der Waals surface area (Å²) in [4.78, 5) is 0. The third-order valence-corrected chi connectivity index (χ3v) is 2.09. The molecule has 0 aromatic carbocycles. The van der Waals surface area contributed by atoms with Crippen LogP contribution in [0.2, 0.25) is 0 Å². The average Bonchev–Trinajstić information content (AvgIpc) is 2.19. The van der Waals surface area contributed by atoms with E-state index in [1.807, 2.05) is 0 Å². The van der Waals surface area contributed by atoms with Gasteiger partial charge in [0.2, 0.25) is 0 Å². The molecular weight excluding hydrogens is 195 g/mol. The van der Waals surface area contributed by atoms with Crippen LogP contribution in [0.1, 0.15) is 0 Å². The largest absolute Gasteiger partial charge is 0.437 e. The molecule has 1 unspecified atom stereocenters. The quantitative estimate of drug-likeness (QED) is 0.300. The van der Waals surface area contributed by atoms with Gasteiger partial charge in [-0.15, -0.1) is 0 Å². The summed E-state index contributed by atoms with van der Waals surface area (Å²) in [6.45, 7) is -0.518. The molecule has 1 rings (SSSR count). The molecule has 0 aromatic heterocycles. The third-order valence-electron chi connectivity index (χ3n) is 2.09. The second-order valence-corrected chi connectivity index (χ2v) is 2.99. The van der Waals surface area contributed by atoms with Gasteiger partial charge >= 0.3 is 7.69 Å². The molecule has 1 aliphatic rings. The average molecular weight is 208 g/mol. The van der Waals surface area contributed by atoms with Gasteiger partial charge in [-0.05, 0) is 0 Å². The molecule has 0 aliphatic carbocycles. The van der Waals surface area contributed by atoms with Gasteiger partial charge in [-0.25, -0.2) is 0 Å². The monoisotopic (exact) mass is 208 g/mol. The number of aliphatic hydroxyl groups is 4. The molecule has 1 saturated heterocycles. The Morgan fingerprint density at radius 3 is 2.29 bits per heavy atom. The van der Waals surface area contributed by atoms with E-state index in [2.05, 4.69) is 4.65 Å². The van der Waals surface area contributed by atoms with E-state index in [1.54, 1.807) is 0 Å². The lowest BCUT2D eigenvalue weighted by Crippen LogP contribution is -2.59. The van der Waals surface area contributed by atoms with Crippen molar-refractivity contribution in [3.63, 3.8) is 0 Å². The van der Waals surface area contributed by atoms with E-state index in [1.165, 1.54) is 0 Å². The lowest BCUT2D eigenvalue weighted by Gasteiger charge is -2.39. The fourth-order valence-electron chi connectivity index (χ4n) is 1.28. The summed E-state index contributed by atoms with van der Waals surface area (Å²) >= 11 is 0. The predicted octanol–water partition coefficient (Wildman–Crippen LogP) is -3.94. The van der Waals surface area contributed by atoms with E-state index in [0.717, 1.165) is 0 Å². The van der Waals surface area contributed by atoms with Crippen LogP contribution in [0.4, 0.5) is 0 Å². The van der Waals surface area contributed by atoms with Crippen LogP contribution in [0, 0.1) is 0 Å². The van der Waals surface area contributed by atoms with E-state index < -0.39 is 45.0 Å². The van der Waals surface area contributed by atoms with Crippen molar-refractivity contribution in [3.8, 4) is 0 Å². The van der Waals surface area contributed by atoms with Crippen LogP contribution < -0.4 is 0 Å². The van der Waals surface area contributed by atoms with Crippen LogP contribution in [-0.4, -0.2) is 70.4 Å². The van der Waals surface area contributed by atoms with E-state index in [9.17, 15) is 15.3 Å². The van der Waals surface area contributed by atoms with Crippen molar-refractivity contribution < 1.29 is 34.8 Å². The van der Waals surface area contributed by atoms with E-state index in [4.69, 9.17) is 14.9 Å². The van der Waals surface area contributed by atoms with Gasteiger partial charge in [0.1, 0.15) is 24.4 Å². The SMILES string of the molecule is OBOC1O[C@H](CO)[C@@H](O)[C@H](O)[C@@H]1O. The second kappa shape index (κ2) is 5.03. The third kappa shape index (κ3) is 2.23. The lowest BCUT2D eigenvalue weighted by atomic mass is 9.99. The summed E-state index contributed by atoms with van der Waals surface area (Å²) < 4.78 is 9.43. The van der Waals surface area contributed by atoms with Gasteiger partial charge in [0.15, 0.2) is 6.29 Å². The molecule has 0 bridgehead atoms. The van der Waals surface area contributed by atoms with Crippen LogP contribution in [0.5, 0.6) is 0 Å². The van der Waals surface area contributed by atoms with E-state index >= 15 is 0 Å². The topological polar surface area (TPSA) is 120 Å². The van der Waals surface area contributed by atoms with E-state index in [-0.39, 0.29) is 0 Å². The summed E-state index contributed by atoms with van der Waals surface area (Å²) in [5.74, 6) is 0. The Kier molecular flexibility index (Phi) is 4.26. The van der Waals surface area contributed by atoms with Crippen LogP contribution >= 0.6 is 0 Å². The molecule has 7 nitrogen and oxygen atoms in total. The predicted molar refractivity (Wildman–Crippen MR) is 44.2 cm³/mol. The first-order valence-corrected chi connectivity index (χ1v) is 4.14. The minimum Gasteiger partial charge on any atom is -0.430 e. The Morgan fingerprint density at radius 1 is 1.14 bits per heavy atom. The molecule has 0 radical (unpaired) electrons. The molecular formula is C6H13BO7. The van der Waals surface area contributed by atoms with Gasteiger partial charge in [0.25, 0.3) is 0 Å².